The van der Waals surface area contributed by atoms with Crippen molar-refractivity contribution in [3.63, 3.8) is 0 Å². The molecule has 1 aromatic carbocycles. The van der Waals surface area contributed by atoms with Gasteiger partial charge in [0.1, 0.15) is 0 Å². The van der Waals surface area contributed by atoms with Gasteiger partial charge in [-0.2, -0.15) is 0 Å². The predicted molar refractivity (Wildman–Crippen MR) is 90.4 cm³/mol. The van der Waals surface area contributed by atoms with Gasteiger partial charge in [-0.1, -0.05) is 26.8 Å². The number of carbonyl (C=O) groups is 2. The molecule has 1 fully saturated rings. The molecule has 124 valence electrons. The van der Waals surface area contributed by atoms with Crippen LogP contribution in [0.2, 0.25) is 0 Å². The van der Waals surface area contributed by atoms with Crippen molar-refractivity contribution in [1.29, 1.82) is 0 Å². The van der Waals surface area contributed by atoms with Crippen LogP contribution in [0.3, 0.4) is 0 Å². The molecule has 1 aliphatic carbocycles. The smallest absolute Gasteiger partial charge is 0.253 e. The zero-order valence-corrected chi connectivity index (χ0v) is 14.4. The minimum absolute atomic E-state index is 0.0996. The number of rotatable bonds is 1. The third-order valence-corrected chi connectivity index (χ3v) is 4.84. The zero-order valence-electron chi connectivity index (χ0n) is 14.4. The Morgan fingerprint density at radius 3 is 2.17 bits per heavy atom. The van der Waals surface area contributed by atoms with Gasteiger partial charge in [0.05, 0.1) is 0 Å². The molecule has 0 saturated carbocycles. The molecule has 0 spiro atoms. The fraction of sp³-hybridized carbons (Fsp3) is 0.579. The molecular weight excluding hydrogens is 288 g/mol. The van der Waals surface area contributed by atoms with Gasteiger partial charge in [-0.15, -0.1) is 0 Å². The fourth-order valence-electron chi connectivity index (χ4n) is 3.47. The van der Waals surface area contributed by atoms with Crippen LogP contribution in [-0.4, -0.2) is 47.8 Å². The minimum Gasteiger partial charge on any atom is -0.339 e. The van der Waals surface area contributed by atoms with E-state index in [1.165, 1.54) is 17.5 Å². The average Bonchev–Trinajstić information content (AvgIpc) is 3.00. The number of hydrogen-bond donors (Lipinski definition) is 0. The van der Waals surface area contributed by atoms with E-state index in [0.717, 1.165) is 18.4 Å². The lowest BCUT2D eigenvalue weighted by Gasteiger charge is -2.37. The van der Waals surface area contributed by atoms with Crippen LogP contribution in [-0.2, 0) is 17.6 Å². The van der Waals surface area contributed by atoms with Crippen molar-refractivity contribution >= 4 is 11.8 Å². The van der Waals surface area contributed by atoms with Gasteiger partial charge >= 0.3 is 0 Å². The summed E-state index contributed by atoms with van der Waals surface area (Å²) in [7, 11) is 0. The Morgan fingerprint density at radius 1 is 0.913 bits per heavy atom. The van der Waals surface area contributed by atoms with Gasteiger partial charge in [-0.25, -0.2) is 0 Å². The highest BCUT2D eigenvalue weighted by Gasteiger charge is 2.31. The van der Waals surface area contributed by atoms with Crippen molar-refractivity contribution in [1.82, 2.24) is 9.80 Å². The highest BCUT2D eigenvalue weighted by atomic mass is 16.2. The van der Waals surface area contributed by atoms with E-state index in [0.29, 0.717) is 26.2 Å². The summed E-state index contributed by atoms with van der Waals surface area (Å²) in [6.07, 6.45) is 3.42. The first-order valence-electron chi connectivity index (χ1n) is 8.57. The van der Waals surface area contributed by atoms with Gasteiger partial charge in [-0.05, 0) is 42.5 Å². The Balaban J connectivity index is 1.64. The summed E-state index contributed by atoms with van der Waals surface area (Å²) >= 11 is 0. The Kier molecular flexibility index (Phi) is 4.17. The second-order valence-electron chi connectivity index (χ2n) is 7.67. The molecule has 2 aliphatic rings. The van der Waals surface area contributed by atoms with E-state index in [1.54, 1.807) is 0 Å². The monoisotopic (exact) mass is 314 g/mol. The summed E-state index contributed by atoms with van der Waals surface area (Å²) in [6.45, 7) is 8.33. The summed E-state index contributed by atoms with van der Waals surface area (Å²) < 4.78 is 0. The van der Waals surface area contributed by atoms with E-state index < -0.39 is 0 Å². The molecule has 4 nitrogen and oxygen atoms in total. The molecule has 1 heterocycles. The van der Waals surface area contributed by atoms with Crippen LogP contribution in [0.5, 0.6) is 0 Å². The van der Waals surface area contributed by atoms with Gasteiger partial charge in [0.15, 0.2) is 0 Å². The van der Waals surface area contributed by atoms with Crippen molar-refractivity contribution in [2.24, 2.45) is 5.41 Å². The largest absolute Gasteiger partial charge is 0.339 e. The number of nitrogens with zero attached hydrogens (tertiary/aromatic N) is 2. The third-order valence-electron chi connectivity index (χ3n) is 4.84. The van der Waals surface area contributed by atoms with Crippen LogP contribution in [0.25, 0.3) is 0 Å². The van der Waals surface area contributed by atoms with Gasteiger partial charge in [0.25, 0.3) is 5.91 Å². The van der Waals surface area contributed by atoms with E-state index in [1.807, 2.05) is 36.6 Å². The highest BCUT2D eigenvalue weighted by molar-refractivity contribution is 5.94. The molecule has 0 aromatic heterocycles. The van der Waals surface area contributed by atoms with Crippen LogP contribution in [0.1, 0.15) is 48.7 Å². The lowest BCUT2D eigenvalue weighted by molar-refractivity contribution is -0.140. The number of aryl methyl sites for hydroxylation is 2. The van der Waals surface area contributed by atoms with Crippen LogP contribution in [0.15, 0.2) is 18.2 Å². The molecule has 0 radical (unpaired) electrons. The second-order valence-corrected chi connectivity index (χ2v) is 7.67. The van der Waals surface area contributed by atoms with Gasteiger partial charge in [-0.3, -0.25) is 9.59 Å². The molecule has 0 unspecified atom stereocenters. The molecule has 0 atom stereocenters. The van der Waals surface area contributed by atoms with Crippen LogP contribution < -0.4 is 0 Å². The molecule has 1 saturated heterocycles. The van der Waals surface area contributed by atoms with Crippen LogP contribution in [0, 0.1) is 5.41 Å². The third kappa shape index (κ3) is 3.26. The SMILES string of the molecule is CC(C)(C)C(=O)N1CCN(C(=O)c2ccc3c(c2)CCC3)CC1. The van der Waals surface area contributed by atoms with Crippen LogP contribution >= 0.6 is 0 Å². The van der Waals surface area contributed by atoms with E-state index in [-0.39, 0.29) is 17.2 Å². The Labute approximate surface area is 138 Å². The summed E-state index contributed by atoms with van der Waals surface area (Å²) in [5.74, 6) is 0.268. The number of benzene rings is 1. The van der Waals surface area contributed by atoms with E-state index >= 15 is 0 Å². The van der Waals surface area contributed by atoms with E-state index in [2.05, 4.69) is 12.1 Å². The molecule has 3 rings (SSSR count). The number of piperazine rings is 1. The molecule has 23 heavy (non-hydrogen) atoms. The summed E-state index contributed by atoms with van der Waals surface area (Å²) in [6, 6.07) is 6.13. The van der Waals surface area contributed by atoms with Crippen molar-refractivity contribution < 1.29 is 9.59 Å². The lowest BCUT2D eigenvalue weighted by Crippen LogP contribution is -2.53. The standard InChI is InChI=1S/C19H26N2O2/c1-19(2,3)18(23)21-11-9-20(10-12-21)17(22)16-8-7-14-5-4-6-15(14)13-16/h7-8,13H,4-6,9-12H2,1-3H3. The Bertz CT molecular complexity index is 623. The number of fused-ring (bicyclic) bond motifs is 1. The van der Waals surface area contributed by atoms with Gasteiger partial charge < -0.3 is 9.80 Å². The van der Waals surface area contributed by atoms with E-state index in [9.17, 15) is 9.59 Å². The number of hydrogen-bond acceptors (Lipinski definition) is 2. The van der Waals surface area contributed by atoms with Crippen molar-refractivity contribution in [3.05, 3.63) is 34.9 Å². The number of amides is 2. The van der Waals surface area contributed by atoms with Crippen molar-refractivity contribution in [2.45, 2.75) is 40.0 Å². The summed E-state index contributed by atoms with van der Waals surface area (Å²) in [4.78, 5) is 28.8. The molecule has 1 aromatic rings. The maximum Gasteiger partial charge on any atom is 0.253 e. The van der Waals surface area contributed by atoms with Crippen LogP contribution in [0.4, 0.5) is 0 Å². The number of carbonyl (C=O) groups excluding carboxylic acids is 2. The first kappa shape index (κ1) is 16.0. The predicted octanol–water partition coefficient (Wildman–Crippen LogP) is 2.51. The summed E-state index contributed by atoms with van der Waals surface area (Å²) in [5, 5.41) is 0. The first-order chi connectivity index (χ1) is 10.9. The maximum atomic E-state index is 12.7. The van der Waals surface area contributed by atoms with Crippen molar-refractivity contribution in [3.8, 4) is 0 Å². The van der Waals surface area contributed by atoms with Gasteiger partial charge in [0.2, 0.25) is 5.91 Å². The quantitative estimate of drug-likeness (QED) is 0.799. The molecule has 2 amide bonds. The highest BCUT2D eigenvalue weighted by Crippen LogP contribution is 2.24. The molecular formula is C19H26N2O2. The molecule has 0 bridgehead atoms. The Hall–Kier alpha value is -1.84. The molecule has 0 N–H and O–H groups in total. The maximum absolute atomic E-state index is 12.7. The minimum atomic E-state index is -0.355. The molecule has 4 heteroatoms. The van der Waals surface area contributed by atoms with Crippen molar-refractivity contribution in [2.75, 3.05) is 26.2 Å². The topological polar surface area (TPSA) is 40.6 Å². The second kappa shape index (κ2) is 5.99. The lowest BCUT2D eigenvalue weighted by atomic mass is 9.94. The summed E-state index contributed by atoms with van der Waals surface area (Å²) in [5.41, 5.74) is 3.16. The first-order valence-corrected chi connectivity index (χ1v) is 8.57. The fourth-order valence-corrected chi connectivity index (χ4v) is 3.47. The zero-order chi connectivity index (χ0) is 16.6. The normalized spacial score (nSPS) is 18.0. The van der Waals surface area contributed by atoms with E-state index in [4.69, 9.17) is 0 Å². The average molecular weight is 314 g/mol. The molecule has 1 aliphatic heterocycles. The Morgan fingerprint density at radius 2 is 1.52 bits per heavy atom. The van der Waals surface area contributed by atoms with Gasteiger partial charge in [0, 0.05) is 37.2 Å².